The van der Waals surface area contributed by atoms with E-state index in [1.165, 1.54) is 30.3 Å². The van der Waals surface area contributed by atoms with Crippen LogP contribution in [0.2, 0.25) is 4.34 Å². The maximum Gasteiger partial charge on any atom is 0.271 e. The second kappa shape index (κ2) is 4.79. The predicted octanol–water partition coefficient (Wildman–Crippen LogP) is 3.22. The number of aryl methyl sites for hydroxylation is 1. The zero-order chi connectivity index (χ0) is 13.3. The van der Waals surface area contributed by atoms with E-state index in [1.54, 1.807) is 6.92 Å². The molecule has 7 heteroatoms. The minimum atomic E-state index is -3.63. The number of halogens is 1. The average molecular weight is 304 g/mol. The van der Waals surface area contributed by atoms with Gasteiger partial charge in [-0.3, -0.25) is 4.72 Å². The Labute approximate surface area is 114 Å². The Morgan fingerprint density at radius 3 is 2.39 bits per heavy atom. The summed E-state index contributed by atoms with van der Waals surface area (Å²) in [6, 6.07) is 7.30. The van der Waals surface area contributed by atoms with E-state index < -0.39 is 10.0 Å². The van der Waals surface area contributed by atoms with Crippen molar-refractivity contribution in [1.82, 2.24) is 0 Å². The van der Waals surface area contributed by atoms with E-state index in [-0.39, 0.29) is 9.96 Å². The molecular weight excluding hydrogens is 294 g/mol. The number of nitrogens with one attached hydrogen (secondary N) is 1. The molecule has 0 bridgehead atoms. The van der Waals surface area contributed by atoms with Gasteiger partial charge in [-0.2, -0.15) is 0 Å². The lowest BCUT2D eigenvalue weighted by atomic mass is 10.3. The van der Waals surface area contributed by atoms with E-state index in [1.807, 2.05) is 0 Å². The van der Waals surface area contributed by atoms with E-state index in [9.17, 15) is 8.42 Å². The number of anilines is 1. The first-order valence-corrected chi connectivity index (χ1v) is 7.64. The summed E-state index contributed by atoms with van der Waals surface area (Å²) in [5.41, 5.74) is 1.11. The molecule has 18 heavy (non-hydrogen) atoms. The van der Waals surface area contributed by atoms with Gasteiger partial charge in [-0.25, -0.2) is 8.42 Å². The smallest absolute Gasteiger partial charge is 0.271 e. The second-order valence-corrected chi connectivity index (χ2v) is 7.24. The van der Waals surface area contributed by atoms with Crippen molar-refractivity contribution in [2.75, 3.05) is 4.72 Å². The molecule has 4 nitrogen and oxygen atoms in total. The minimum Gasteiger partial charge on any atom is -0.508 e. The van der Waals surface area contributed by atoms with Crippen molar-refractivity contribution in [2.24, 2.45) is 0 Å². The maximum absolute atomic E-state index is 12.0. The van der Waals surface area contributed by atoms with Crippen LogP contribution in [0.1, 0.15) is 5.56 Å². The van der Waals surface area contributed by atoms with Crippen molar-refractivity contribution in [1.29, 1.82) is 0 Å². The molecule has 0 saturated heterocycles. The standard InChI is InChI=1S/C11H10ClNO3S2/c1-7-6-10(17-11(7)12)18(15,16)13-8-2-4-9(14)5-3-8/h2-6,13-14H,1H3. The van der Waals surface area contributed by atoms with Crippen LogP contribution in [-0.4, -0.2) is 13.5 Å². The molecule has 0 aliphatic heterocycles. The number of phenols is 1. The topological polar surface area (TPSA) is 66.4 Å². The minimum absolute atomic E-state index is 0.0768. The molecule has 96 valence electrons. The molecule has 0 saturated carbocycles. The summed E-state index contributed by atoms with van der Waals surface area (Å²) >= 11 is 6.86. The van der Waals surface area contributed by atoms with Crippen LogP contribution in [0, 0.1) is 6.92 Å². The van der Waals surface area contributed by atoms with E-state index in [0.717, 1.165) is 16.9 Å². The Balaban J connectivity index is 2.29. The van der Waals surface area contributed by atoms with Crippen LogP contribution >= 0.6 is 22.9 Å². The molecule has 2 aromatic rings. The fraction of sp³-hybridized carbons (Fsp3) is 0.0909. The Morgan fingerprint density at radius 1 is 1.28 bits per heavy atom. The van der Waals surface area contributed by atoms with E-state index >= 15 is 0 Å². The summed E-state index contributed by atoms with van der Waals surface area (Å²) in [4.78, 5) is 0. The third-order valence-corrected chi connectivity index (χ3v) is 5.63. The van der Waals surface area contributed by atoms with Crippen molar-refractivity contribution in [3.63, 3.8) is 0 Å². The zero-order valence-corrected chi connectivity index (χ0v) is 11.7. The molecule has 0 atom stereocenters. The quantitative estimate of drug-likeness (QED) is 0.856. The van der Waals surface area contributed by atoms with Gasteiger partial charge in [-0.05, 0) is 42.8 Å². The highest BCUT2D eigenvalue weighted by Crippen LogP contribution is 2.31. The van der Waals surface area contributed by atoms with Gasteiger partial charge in [-0.1, -0.05) is 11.6 Å². The number of rotatable bonds is 3. The summed E-state index contributed by atoms with van der Waals surface area (Å²) in [5, 5.41) is 9.12. The summed E-state index contributed by atoms with van der Waals surface area (Å²) in [5.74, 6) is 0.0768. The molecular formula is C11H10ClNO3S2. The monoisotopic (exact) mass is 303 g/mol. The van der Waals surface area contributed by atoms with Crippen molar-refractivity contribution < 1.29 is 13.5 Å². The van der Waals surface area contributed by atoms with Crippen LogP contribution in [-0.2, 0) is 10.0 Å². The van der Waals surface area contributed by atoms with Gasteiger partial charge in [0.25, 0.3) is 10.0 Å². The van der Waals surface area contributed by atoms with Gasteiger partial charge in [0.2, 0.25) is 0 Å². The third kappa shape index (κ3) is 2.77. The average Bonchev–Trinajstić information content (AvgIpc) is 2.63. The number of benzene rings is 1. The molecule has 0 unspecified atom stereocenters. The fourth-order valence-corrected chi connectivity index (χ4v) is 4.07. The van der Waals surface area contributed by atoms with Crippen LogP contribution < -0.4 is 4.72 Å². The molecule has 0 fully saturated rings. The van der Waals surface area contributed by atoms with Crippen LogP contribution in [0.25, 0.3) is 0 Å². The molecule has 0 radical (unpaired) electrons. The van der Waals surface area contributed by atoms with E-state index in [4.69, 9.17) is 16.7 Å². The molecule has 2 rings (SSSR count). The van der Waals surface area contributed by atoms with Crippen LogP contribution in [0.5, 0.6) is 5.75 Å². The zero-order valence-electron chi connectivity index (χ0n) is 9.34. The van der Waals surface area contributed by atoms with Crippen LogP contribution in [0.4, 0.5) is 5.69 Å². The lowest BCUT2D eigenvalue weighted by molar-refractivity contribution is 0.475. The maximum atomic E-state index is 12.0. The highest BCUT2D eigenvalue weighted by Gasteiger charge is 2.18. The Kier molecular flexibility index (Phi) is 3.52. The summed E-state index contributed by atoms with van der Waals surface area (Å²) < 4.78 is 27.1. The Bertz CT molecular complexity index is 643. The molecule has 1 aromatic heterocycles. The first-order chi connectivity index (χ1) is 8.38. The lowest BCUT2D eigenvalue weighted by Crippen LogP contribution is -2.11. The van der Waals surface area contributed by atoms with Crippen molar-refractivity contribution >= 4 is 38.6 Å². The predicted molar refractivity (Wildman–Crippen MR) is 73.0 cm³/mol. The summed E-state index contributed by atoms with van der Waals surface area (Å²) in [6.45, 7) is 1.75. The number of aromatic hydroxyl groups is 1. The molecule has 1 heterocycles. The normalized spacial score (nSPS) is 11.4. The summed E-state index contributed by atoms with van der Waals surface area (Å²) in [7, 11) is -3.63. The number of hydrogen-bond donors (Lipinski definition) is 2. The molecule has 0 aliphatic carbocycles. The molecule has 0 amide bonds. The van der Waals surface area contributed by atoms with Gasteiger partial charge >= 0.3 is 0 Å². The molecule has 1 aromatic carbocycles. The van der Waals surface area contributed by atoms with E-state index in [2.05, 4.69) is 4.72 Å². The van der Waals surface area contributed by atoms with Crippen molar-refractivity contribution in [2.45, 2.75) is 11.1 Å². The van der Waals surface area contributed by atoms with E-state index in [0.29, 0.717) is 10.0 Å². The van der Waals surface area contributed by atoms with Crippen LogP contribution in [0.15, 0.2) is 34.5 Å². The van der Waals surface area contributed by atoms with Gasteiger partial charge in [0.1, 0.15) is 9.96 Å². The third-order valence-electron chi connectivity index (χ3n) is 2.22. The first-order valence-electron chi connectivity index (χ1n) is 4.96. The second-order valence-electron chi connectivity index (χ2n) is 3.67. The van der Waals surface area contributed by atoms with Crippen molar-refractivity contribution in [3.05, 3.63) is 40.2 Å². The van der Waals surface area contributed by atoms with Gasteiger partial charge < -0.3 is 5.11 Å². The number of phenolic OH excluding ortho intramolecular Hbond substituents is 1. The number of sulfonamides is 1. The molecule has 0 aliphatic rings. The number of thiophene rings is 1. The fourth-order valence-electron chi connectivity index (χ4n) is 1.30. The van der Waals surface area contributed by atoms with Gasteiger partial charge in [0.15, 0.2) is 0 Å². The summed E-state index contributed by atoms with van der Waals surface area (Å²) in [6.07, 6.45) is 0. The van der Waals surface area contributed by atoms with Gasteiger partial charge in [0.05, 0.1) is 4.34 Å². The van der Waals surface area contributed by atoms with Gasteiger partial charge in [-0.15, -0.1) is 11.3 Å². The first kappa shape index (κ1) is 13.2. The Hall–Kier alpha value is -1.24. The highest BCUT2D eigenvalue weighted by molar-refractivity contribution is 7.94. The Morgan fingerprint density at radius 2 is 1.89 bits per heavy atom. The largest absolute Gasteiger partial charge is 0.508 e. The van der Waals surface area contributed by atoms with Crippen molar-refractivity contribution in [3.8, 4) is 5.75 Å². The molecule has 0 spiro atoms. The van der Waals surface area contributed by atoms with Gasteiger partial charge in [0, 0.05) is 5.69 Å². The number of hydrogen-bond acceptors (Lipinski definition) is 4. The lowest BCUT2D eigenvalue weighted by Gasteiger charge is -2.05. The SMILES string of the molecule is Cc1cc(S(=O)(=O)Nc2ccc(O)cc2)sc1Cl. The molecule has 2 N–H and O–H groups in total. The van der Waals surface area contributed by atoms with Crippen LogP contribution in [0.3, 0.4) is 0 Å². The highest BCUT2D eigenvalue weighted by atomic mass is 35.5.